The van der Waals surface area contributed by atoms with Gasteiger partial charge in [-0.25, -0.2) is 4.79 Å². The standard InChI is InChI=1S/C25H19ClINO5/c1-32-24(31)22-19-17(21(28-22)14-7-9-15(26)10-8-14)16(29)11-12-25(19)18(20(27)23(30)33-25)13-5-3-2-4-6-13/h2-12,17,19,21-22,28H,1H3/t17?,19?,21-,22-,25-/m1/s1. The van der Waals surface area contributed by atoms with Crippen molar-refractivity contribution >= 4 is 57.5 Å². The quantitative estimate of drug-likeness (QED) is 0.440. The third-order valence-corrected chi connectivity index (χ3v) is 7.81. The molecule has 2 aliphatic heterocycles. The van der Waals surface area contributed by atoms with Crippen molar-refractivity contribution in [2.24, 2.45) is 11.8 Å². The van der Waals surface area contributed by atoms with Crippen molar-refractivity contribution in [3.8, 4) is 0 Å². The van der Waals surface area contributed by atoms with Crippen LogP contribution in [0, 0.1) is 11.8 Å². The van der Waals surface area contributed by atoms with Gasteiger partial charge in [0, 0.05) is 22.6 Å². The summed E-state index contributed by atoms with van der Waals surface area (Å²) in [6.45, 7) is 0. The van der Waals surface area contributed by atoms with E-state index in [1.165, 1.54) is 13.2 Å². The maximum absolute atomic E-state index is 13.3. The normalized spacial score (nSPS) is 30.5. The van der Waals surface area contributed by atoms with E-state index in [-0.39, 0.29) is 5.78 Å². The first-order chi connectivity index (χ1) is 15.9. The molecule has 2 heterocycles. The van der Waals surface area contributed by atoms with E-state index < -0.39 is 41.5 Å². The number of carbonyl (C=O) groups is 3. The summed E-state index contributed by atoms with van der Waals surface area (Å²) in [4.78, 5) is 39.1. The first-order valence-electron chi connectivity index (χ1n) is 10.4. The van der Waals surface area contributed by atoms with Crippen molar-refractivity contribution < 1.29 is 23.9 Å². The average molecular weight is 576 g/mol. The topological polar surface area (TPSA) is 81.7 Å². The van der Waals surface area contributed by atoms with Gasteiger partial charge in [-0.05, 0) is 58.0 Å². The lowest BCUT2D eigenvalue weighted by Crippen LogP contribution is -2.52. The van der Waals surface area contributed by atoms with E-state index in [1.54, 1.807) is 18.2 Å². The molecule has 8 heteroatoms. The first kappa shape index (κ1) is 22.3. The molecule has 6 nitrogen and oxygen atoms in total. The van der Waals surface area contributed by atoms with E-state index in [9.17, 15) is 14.4 Å². The lowest BCUT2D eigenvalue weighted by atomic mass is 9.65. The Bertz CT molecular complexity index is 1210. The van der Waals surface area contributed by atoms with E-state index in [1.807, 2.05) is 65.1 Å². The fourth-order valence-electron chi connectivity index (χ4n) is 5.25. The Morgan fingerprint density at radius 2 is 1.82 bits per heavy atom. The van der Waals surface area contributed by atoms with E-state index >= 15 is 0 Å². The Morgan fingerprint density at radius 3 is 2.48 bits per heavy atom. The van der Waals surface area contributed by atoms with Gasteiger partial charge in [0.2, 0.25) is 0 Å². The monoisotopic (exact) mass is 575 g/mol. The maximum Gasteiger partial charge on any atom is 0.346 e. The number of halogens is 2. The van der Waals surface area contributed by atoms with Crippen molar-refractivity contribution in [2.45, 2.75) is 17.7 Å². The molecule has 0 saturated carbocycles. The van der Waals surface area contributed by atoms with Gasteiger partial charge < -0.3 is 9.47 Å². The maximum atomic E-state index is 13.3. The number of methoxy groups -OCH3 is 1. The summed E-state index contributed by atoms with van der Waals surface area (Å²) in [7, 11) is 1.31. The number of hydrogen-bond donors (Lipinski definition) is 1. The van der Waals surface area contributed by atoms with Gasteiger partial charge in [-0.2, -0.15) is 0 Å². The minimum absolute atomic E-state index is 0.144. The van der Waals surface area contributed by atoms with Gasteiger partial charge in [0.15, 0.2) is 11.4 Å². The largest absolute Gasteiger partial charge is 0.468 e. The highest BCUT2D eigenvalue weighted by atomic mass is 127. The number of hydrogen-bond acceptors (Lipinski definition) is 6. The Kier molecular flexibility index (Phi) is 5.66. The second kappa shape index (κ2) is 8.38. The molecule has 0 bridgehead atoms. The van der Waals surface area contributed by atoms with Crippen LogP contribution in [0.15, 0.2) is 70.3 Å². The number of esters is 2. The number of nitrogens with one attached hydrogen (secondary N) is 1. The number of carbonyl (C=O) groups excluding carboxylic acids is 3. The first-order valence-corrected chi connectivity index (χ1v) is 11.8. The van der Waals surface area contributed by atoms with Crippen LogP contribution in [0.2, 0.25) is 5.02 Å². The fourth-order valence-corrected chi connectivity index (χ4v) is 6.22. The summed E-state index contributed by atoms with van der Waals surface area (Å²) in [5, 5.41) is 3.88. The molecule has 2 aromatic rings. The van der Waals surface area contributed by atoms with E-state index in [0.29, 0.717) is 14.2 Å². The van der Waals surface area contributed by atoms with Crippen LogP contribution >= 0.6 is 34.2 Å². The molecule has 1 saturated heterocycles. The van der Waals surface area contributed by atoms with Crippen molar-refractivity contribution in [1.29, 1.82) is 0 Å². The number of ketones is 1. The minimum Gasteiger partial charge on any atom is -0.468 e. The van der Waals surface area contributed by atoms with Crippen LogP contribution in [0.25, 0.3) is 5.57 Å². The molecule has 1 spiro atoms. The molecule has 1 fully saturated rings. The molecule has 5 atom stereocenters. The molecule has 1 N–H and O–H groups in total. The Balaban J connectivity index is 1.71. The van der Waals surface area contributed by atoms with E-state index in [2.05, 4.69) is 5.32 Å². The van der Waals surface area contributed by atoms with Crippen molar-refractivity contribution in [3.63, 3.8) is 0 Å². The van der Waals surface area contributed by atoms with Crippen LogP contribution in [0.1, 0.15) is 17.2 Å². The van der Waals surface area contributed by atoms with Crippen LogP contribution in [-0.2, 0) is 23.9 Å². The molecule has 168 valence electrons. The zero-order valence-corrected chi connectivity index (χ0v) is 20.4. The average Bonchev–Trinajstić information content (AvgIpc) is 3.35. The zero-order valence-electron chi connectivity index (χ0n) is 17.5. The molecule has 5 rings (SSSR count). The molecular formula is C25H19ClINO5. The van der Waals surface area contributed by atoms with Crippen molar-refractivity contribution in [2.75, 3.05) is 7.11 Å². The number of benzene rings is 2. The number of ether oxygens (including phenoxy) is 2. The van der Waals surface area contributed by atoms with Gasteiger partial charge in [0.25, 0.3) is 0 Å². The summed E-state index contributed by atoms with van der Waals surface area (Å²) < 4.78 is 11.6. The van der Waals surface area contributed by atoms with Crippen molar-refractivity contribution in [1.82, 2.24) is 5.32 Å². The van der Waals surface area contributed by atoms with Gasteiger partial charge in [0.05, 0.1) is 13.0 Å². The lowest BCUT2D eigenvalue weighted by molar-refractivity contribution is -0.154. The van der Waals surface area contributed by atoms with Crippen LogP contribution in [0.3, 0.4) is 0 Å². The smallest absolute Gasteiger partial charge is 0.346 e. The Labute approximate surface area is 209 Å². The highest BCUT2D eigenvalue weighted by Crippen LogP contribution is 2.56. The van der Waals surface area contributed by atoms with Gasteiger partial charge in [-0.1, -0.05) is 54.1 Å². The zero-order chi connectivity index (χ0) is 23.3. The molecule has 0 radical (unpaired) electrons. The van der Waals surface area contributed by atoms with Crippen LogP contribution in [-0.4, -0.2) is 36.5 Å². The van der Waals surface area contributed by atoms with Crippen LogP contribution in [0.4, 0.5) is 0 Å². The molecule has 0 amide bonds. The lowest BCUT2D eigenvalue weighted by Gasteiger charge is -2.41. The predicted octanol–water partition coefficient (Wildman–Crippen LogP) is 4.04. The Morgan fingerprint density at radius 1 is 1.12 bits per heavy atom. The number of allylic oxidation sites excluding steroid dienone is 1. The summed E-state index contributed by atoms with van der Waals surface area (Å²) in [5.74, 6) is -2.50. The van der Waals surface area contributed by atoms with E-state index in [0.717, 1.165) is 11.1 Å². The summed E-state index contributed by atoms with van der Waals surface area (Å²) in [6.07, 6.45) is 3.10. The third-order valence-electron chi connectivity index (χ3n) is 6.58. The summed E-state index contributed by atoms with van der Waals surface area (Å²) >= 11 is 8.05. The molecule has 1 aliphatic carbocycles. The van der Waals surface area contributed by atoms with Gasteiger partial charge >= 0.3 is 11.9 Å². The molecule has 2 unspecified atom stereocenters. The van der Waals surface area contributed by atoms with Crippen molar-refractivity contribution in [3.05, 3.63) is 86.5 Å². The molecule has 0 aromatic heterocycles. The van der Waals surface area contributed by atoms with Gasteiger partial charge in [0.1, 0.15) is 9.62 Å². The molecule has 3 aliphatic rings. The van der Waals surface area contributed by atoms with Crippen LogP contribution in [0.5, 0.6) is 0 Å². The van der Waals surface area contributed by atoms with Crippen LogP contribution < -0.4 is 5.32 Å². The predicted molar refractivity (Wildman–Crippen MR) is 130 cm³/mol. The molecular weight excluding hydrogens is 557 g/mol. The number of rotatable bonds is 3. The number of fused-ring (bicyclic) bond motifs is 2. The Hall–Kier alpha value is -2.49. The molecule has 33 heavy (non-hydrogen) atoms. The van der Waals surface area contributed by atoms with Gasteiger partial charge in [-0.15, -0.1) is 0 Å². The highest BCUT2D eigenvalue weighted by Gasteiger charge is 2.65. The summed E-state index contributed by atoms with van der Waals surface area (Å²) in [5.41, 5.74) is 0.966. The minimum atomic E-state index is -1.29. The molecule has 2 aromatic carbocycles. The third kappa shape index (κ3) is 3.45. The van der Waals surface area contributed by atoms with E-state index in [4.69, 9.17) is 21.1 Å². The second-order valence-electron chi connectivity index (χ2n) is 8.22. The summed E-state index contributed by atoms with van der Waals surface area (Å²) in [6, 6.07) is 15.2. The van der Waals surface area contributed by atoms with Gasteiger partial charge in [-0.3, -0.25) is 14.9 Å². The SMILES string of the molecule is COC(=O)[C@@H]1N[C@H](c2ccc(Cl)cc2)C2C(=O)C=C[C@]3(OC(=O)C(I)=C3c3ccccc3)C21. The highest BCUT2D eigenvalue weighted by molar-refractivity contribution is 14.1. The second-order valence-corrected chi connectivity index (χ2v) is 9.74. The fraction of sp³-hybridized carbons (Fsp3) is 0.240.